The van der Waals surface area contributed by atoms with Gasteiger partial charge < -0.3 is 25.1 Å². The number of fused-ring (bicyclic) bond motifs is 3. The molecule has 0 aliphatic carbocycles. The molecule has 1 aliphatic rings. The highest BCUT2D eigenvalue weighted by Gasteiger charge is 2.23. The zero-order valence-electron chi connectivity index (χ0n) is 16.3. The molecule has 2 aromatic heterocycles. The number of pyridine rings is 1. The van der Waals surface area contributed by atoms with Crippen molar-refractivity contribution in [1.29, 1.82) is 0 Å². The first-order valence-corrected chi connectivity index (χ1v) is 9.44. The number of aromatic nitrogens is 2. The second kappa shape index (κ2) is 7.93. The lowest BCUT2D eigenvalue weighted by Gasteiger charge is -2.12. The van der Waals surface area contributed by atoms with Crippen molar-refractivity contribution in [2.45, 2.75) is 32.7 Å². The van der Waals surface area contributed by atoms with Gasteiger partial charge in [0.15, 0.2) is 5.56 Å². The van der Waals surface area contributed by atoms with Crippen LogP contribution in [0.2, 0.25) is 0 Å². The van der Waals surface area contributed by atoms with Gasteiger partial charge in [-0.05, 0) is 44.5 Å². The molecule has 0 fully saturated rings. The highest BCUT2D eigenvalue weighted by Crippen LogP contribution is 2.33. The van der Waals surface area contributed by atoms with Crippen LogP contribution in [0.3, 0.4) is 0 Å². The minimum atomic E-state index is -1.44. The molecule has 4 rings (SSSR count). The van der Waals surface area contributed by atoms with E-state index < -0.39 is 22.8 Å². The molecule has 1 aliphatic heterocycles. The summed E-state index contributed by atoms with van der Waals surface area (Å²) in [5.41, 5.74) is 3.71. The number of rotatable bonds is 3. The topological polar surface area (TPSA) is 109 Å². The number of H-pyrrole nitrogens is 2. The minimum absolute atomic E-state index is 0. The molecule has 0 bridgehead atoms. The molecule has 0 amide bonds. The van der Waals surface area contributed by atoms with Crippen LogP contribution in [0.5, 0.6) is 5.75 Å². The van der Waals surface area contributed by atoms with Crippen molar-refractivity contribution in [2.24, 2.45) is 0 Å². The van der Waals surface area contributed by atoms with E-state index in [0.717, 1.165) is 37.0 Å². The average Bonchev–Trinajstić information content (AvgIpc) is 2.86. The summed E-state index contributed by atoms with van der Waals surface area (Å²) in [5, 5.41) is 20.8. The van der Waals surface area contributed by atoms with E-state index in [2.05, 4.69) is 21.9 Å². The summed E-state index contributed by atoms with van der Waals surface area (Å²) in [6, 6.07) is 5.90. The number of benzene rings is 1. The average molecular weight is 418 g/mol. The second-order valence-electron chi connectivity index (χ2n) is 7.37. The molecule has 0 atom stereocenters. The van der Waals surface area contributed by atoms with Crippen LogP contribution in [-0.4, -0.2) is 44.6 Å². The number of hydrogen-bond donors (Lipinski definition) is 4. The van der Waals surface area contributed by atoms with Gasteiger partial charge in [0.2, 0.25) is 0 Å². The van der Waals surface area contributed by atoms with E-state index >= 15 is 0 Å². The van der Waals surface area contributed by atoms with Gasteiger partial charge in [0.05, 0.1) is 5.69 Å². The fraction of sp³-hybridized carbons (Fsp3) is 0.333. The van der Waals surface area contributed by atoms with Crippen molar-refractivity contribution in [2.75, 3.05) is 13.6 Å². The summed E-state index contributed by atoms with van der Waals surface area (Å²) < 4.78 is 0. The van der Waals surface area contributed by atoms with Crippen LogP contribution in [0.25, 0.3) is 22.2 Å². The molecule has 3 heterocycles. The molecule has 7 nitrogen and oxygen atoms in total. The number of nitrogens with one attached hydrogen (secondary N) is 2. The van der Waals surface area contributed by atoms with Gasteiger partial charge in [0.25, 0.3) is 5.56 Å². The summed E-state index contributed by atoms with van der Waals surface area (Å²) >= 11 is 0. The molecule has 29 heavy (non-hydrogen) atoms. The summed E-state index contributed by atoms with van der Waals surface area (Å²) in [7, 11) is 2.11. The zero-order valence-corrected chi connectivity index (χ0v) is 17.2. The van der Waals surface area contributed by atoms with Gasteiger partial charge in [-0.1, -0.05) is 19.1 Å². The van der Waals surface area contributed by atoms with Crippen LogP contribution in [0.1, 0.15) is 40.5 Å². The first-order valence-electron chi connectivity index (χ1n) is 9.44. The number of aromatic carboxylic acids is 1. The summed E-state index contributed by atoms with van der Waals surface area (Å²) in [6.45, 7) is 3.75. The Morgan fingerprint density at radius 2 is 2.03 bits per heavy atom. The van der Waals surface area contributed by atoms with Crippen molar-refractivity contribution in [1.82, 2.24) is 14.9 Å². The number of halogens is 1. The van der Waals surface area contributed by atoms with Crippen LogP contribution < -0.4 is 5.56 Å². The standard InChI is InChI=1S/C21H23N3O4.ClH/c1-3-12-18(23-20(26)17(19(12)25)21(27)28)11-6-7-14-13-5-4-8-24(2)10-16(13)22-15(14)9-11;/h6-7,9,22H,3-5,8,10H2,1-2H3,(H,27,28)(H2,23,25,26);1H. The van der Waals surface area contributed by atoms with Crippen LogP contribution >= 0.6 is 12.4 Å². The summed E-state index contributed by atoms with van der Waals surface area (Å²) in [4.78, 5) is 32.0. The Morgan fingerprint density at radius 3 is 2.72 bits per heavy atom. The minimum Gasteiger partial charge on any atom is -0.506 e. The third-order valence-electron chi connectivity index (χ3n) is 5.54. The number of aryl methyl sites for hydroxylation is 1. The Morgan fingerprint density at radius 1 is 1.28 bits per heavy atom. The van der Waals surface area contributed by atoms with Gasteiger partial charge in [-0.2, -0.15) is 0 Å². The summed E-state index contributed by atoms with van der Waals surface area (Å²) in [6.07, 6.45) is 2.52. The molecule has 1 aromatic carbocycles. The lowest BCUT2D eigenvalue weighted by atomic mass is 9.98. The monoisotopic (exact) mass is 417 g/mol. The lowest BCUT2D eigenvalue weighted by Crippen LogP contribution is -2.20. The van der Waals surface area contributed by atoms with Gasteiger partial charge in [-0.15, -0.1) is 12.4 Å². The van der Waals surface area contributed by atoms with Gasteiger partial charge >= 0.3 is 5.97 Å². The maximum atomic E-state index is 12.2. The number of carboxylic acids is 1. The number of aromatic amines is 2. The molecule has 0 radical (unpaired) electrons. The predicted molar refractivity (Wildman–Crippen MR) is 114 cm³/mol. The van der Waals surface area contributed by atoms with Gasteiger partial charge in [-0.25, -0.2) is 4.79 Å². The smallest absolute Gasteiger partial charge is 0.345 e. The van der Waals surface area contributed by atoms with Crippen LogP contribution in [0.4, 0.5) is 0 Å². The normalized spacial score (nSPS) is 14.3. The van der Waals surface area contributed by atoms with E-state index in [-0.39, 0.29) is 12.4 Å². The fourth-order valence-electron chi connectivity index (χ4n) is 4.18. The van der Waals surface area contributed by atoms with E-state index in [4.69, 9.17) is 0 Å². The molecule has 0 spiro atoms. The zero-order chi connectivity index (χ0) is 20.0. The third-order valence-corrected chi connectivity index (χ3v) is 5.54. The molecule has 8 heteroatoms. The largest absolute Gasteiger partial charge is 0.506 e. The van der Waals surface area contributed by atoms with Gasteiger partial charge in [0, 0.05) is 34.3 Å². The molecule has 3 aromatic rings. The van der Waals surface area contributed by atoms with Gasteiger partial charge in [-0.3, -0.25) is 4.79 Å². The number of aromatic hydroxyl groups is 1. The third kappa shape index (κ3) is 3.52. The van der Waals surface area contributed by atoms with Crippen molar-refractivity contribution >= 4 is 29.3 Å². The summed E-state index contributed by atoms with van der Waals surface area (Å²) in [5.74, 6) is -1.90. The fourth-order valence-corrected chi connectivity index (χ4v) is 4.18. The molecule has 0 saturated heterocycles. The number of nitrogens with zero attached hydrogens (tertiary/aromatic N) is 1. The van der Waals surface area contributed by atoms with Crippen LogP contribution in [0, 0.1) is 0 Å². The Hall–Kier alpha value is -2.77. The molecule has 154 valence electrons. The van der Waals surface area contributed by atoms with Crippen molar-refractivity contribution in [3.63, 3.8) is 0 Å². The van der Waals surface area contributed by atoms with Crippen LogP contribution in [-0.2, 0) is 19.4 Å². The van der Waals surface area contributed by atoms with E-state index in [0.29, 0.717) is 17.7 Å². The first kappa shape index (κ1) is 21.0. The van der Waals surface area contributed by atoms with Crippen molar-refractivity contribution in [3.05, 3.63) is 50.9 Å². The molecular formula is C21H24ClN3O4. The quantitative estimate of drug-likeness (QED) is 0.522. The number of carbonyl (C=O) groups is 1. The van der Waals surface area contributed by atoms with Crippen molar-refractivity contribution in [3.8, 4) is 17.0 Å². The Bertz CT molecular complexity index is 1150. The van der Waals surface area contributed by atoms with E-state index in [1.54, 1.807) is 0 Å². The van der Waals surface area contributed by atoms with E-state index in [1.165, 1.54) is 16.6 Å². The Balaban J connectivity index is 0.00000240. The predicted octanol–water partition coefficient (Wildman–Crippen LogP) is 3.29. The maximum absolute atomic E-state index is 12.2. The Kier molecular flexibility index (Phi) is 5.73. The molecule has 4 N–H and O–H groups in total. The highest BCUT2D eigenvalue weighted by atomic mass is 35.5. The van der Waals surface area contributed by atoms with E-state index in [1.807, 2.05) is 25.1 Å². The molecule has 0 saturated carbocycles. The SMILES string of the molecule is CCc1c(-c2ccc3c4c([nH]c3c2)CN(C)CCC4)[nH]c(=O)c(C(=O)O)c1O.Cl. The van der Waals surface area contributed by atoms with Gasteiger partial charge in [0.1, 0.15) is 5.75 Å². The number of carboxylic acid groups (broad SMARTS) is 1. The van der Waals surface area contributed by atoms with Crippen molar-refractivity contribution < 1.29 is 15.0 Å². The lowest BCUT2D eigenvalue weighted by molar-refractivity contribution is 0.0691. The Labute approximate surface area is 173 Å². The highest BCUT2D eigenvalue weighted by molar-refractivity contribution is 5.93. The van der Waals surface area contributed by atoms with Crippen LogP contribution in [0.15, 0.2) is 23.0 Å². The maximum Gasteiger partial charge on any atom is 0.345 e. The van der Waals surface area contributed by atoms with E-state index in [9.17, 15) is 19.8 Å². The molecule has 0 unspecified atom stereocenters. The molecular weight excluding hydrogens is 394 g/mol. The second-order valence-corrected chi connectivity index (χ2v) is 7.37. The first-order chi connectivity index (χ1) is 13.4. The number of hydrogen-bond acceptors (Lipinski definition) is 4.